The summed E-state index contributed by atoms with van der Waals surface area (Å²) in [4.78, 5) is 27.8. The predicted molar refractivity (Wildman–Crippen MR) is 291 cm³/mol. The second kappa shape index (κ2) is 51.6. The molecule has 0 aromatic heterocycles. The molecule has 0 bridgehead atoms. The van der Waals surface area contributed by atoms with Crippen molar-refractivity contribution in [2.24, 2.45) is 5.92 Å². The van der Waals surface area contributed by atoms with E-state index in [-0.39, 0.29) is 30.6 Å². The molecule has 0 radical (unpaired) electrons. The summed E-state index contributed by atoms with van der Waals surface area (Å²) in [7, 11) is 0. The van der Waals surface area contributed by atoms with Crippen LogP contribution in [0.3, 0.4) is 0 Å². The summed E-state index contributed by atoms with van der Waals surface area (Å²) in [6.07, 6.45) is 49.4. The SMILES string of the molecule is CC/C=C\CCCCOC(CCC(=O)OCCCCCCCN(CCCCCCCOC(=O)CCC(OCCCC/C=C\CC)OCCCC/C=C\CC)CC1CCCC1O)OCCCC/C=C\CC. The number of nitrogens with zero attached hydrogens (tertiary/aromatic N) is 1. The molecule has 1 saturated carbocycles. The maximum Gasteiger partial charge on any atom is 0.305 e. The minimum absolute atomic E-state index is 0.165. The number of aliphatic hydroxyl groups is 1. The molecule has 0 aromatic rings. The van der Waals surface area contributed by atoms with Crippen LogP contribution >= 0.6 is 0 Å². The fourth-order valence-corrected chi connectivity index (χ4v) is 8.66. The van der Waals surface area contributed by atoms with Crippen molar-refractivity contribution in [3.8, 4) is 0 Å². The highest BCUT2D eigenvalue weighted by molar-refractivity contribution is 5.69. The van der Waals surface area contributed by atoms with Gasteiger partial charge >= 0.3 is 11.9 Å². The summed E-state index contributed by atoms with van der Waals surface area (Å²) in [6, 6.07) is 0. The number of aliphatic hydroxyl groups excluding tert-OH is 1. The average Bonchev–Trinajstić information content (AvgIpc) is 3.77. The molecule has 10 heteroatoms. The largest absolute Gasteiger partial charge is 0.466 e. The second-order valence-electron chi connectivity index (χ2n) is 19.5. The van der Waals surface area contributed by atoms with E-state index in [9.17, 15) is 14.7 Å². The molecule has 2 atom stereocenters. The van der Waals surface area contributed by atoms with Gasteiger partial charge in [-0.1, -0.05) is 121 Å². The highest BCUT2D eigenvalue weighted by atomic mass is 16.7. The van der Waals surface area contributed by atoms with Crippen LogP contribution in [0, 0.1) is 5.92 Å². The number of carbonyl (C=O) groups is 2. The van der Waals surface area contributed by atoms with Crippen LogP contribution in [0.1, 0.15) is 240 Å². The summed E-state index contributed by atoms with van der Waals surface area (Å²) in [5, 5.41) is 10.6. The Balaban J connectivity index is 2.31. The van der Waals surface area contributed by atoms with Gasteiger partial charge in [0.25, 0.3) is 0 Å². The van der Waals surface area contributed by atoms with E-state index in [1.807, 2.05) is 0 Å². The Morgan fingerprint density at radius 1 is 0.457 bits per heavy atom. The molecule has 0 amide bonds. The Morgan fingerprint density at radius 3 is 1.14 bits per heavy atom. The van der Waals surface area contributed by atoms with Gasteiger partial charge < -0.3 is 38.4 Å². The van der Waals surface area contributed by atoms with Crippen LogP contribution in [-0.2, 0) is 38.0 Å². The fourth-order valence-electron chi connectivity index (χ4n) is 8.66. The zero-order valence-electron chi connectivity index (χ0n) is 45.8. The molecule has 70 heavy (non-hydrogen) atoms. The molecule has 1 aliphatic rings. The molecule has 1 fully saturated rings. The van der Waals surface area contributed by atoms with Crippen LogP contribution in [-0.4, -0.2) is 99.9 Å². The molecule has 0 saturated heterocycles. The second-order valence-corrected chi connectivity index (χ2v) is 19.5. The molecule has 1 N–H and O–H groups in total. The lowest BCUT2D eigenvalue weighted by atomic mass is 10.0. The molecule has 1 rings (SSSR count). The third-order valence-corrected chi connectivity index (χ3v) is 12.9. The normalized spacial score (nSPS) is 15.5. The highest BCUT2D eigenvalue weighted by Gasteiger charge is 2.27. The summed E-state index contributed by atoms with van der Waals surface area (Å²) in [5.74, 6) is 0.0554. The smallest absolute Gasteiger partial charge is 0.305 e. The molecular formula is C60H109NO9. The standard InChI is InChI=1S/C60H109NO9/c1-5-9-13-17-25-35-50-67-59(68-51-36-26-18-14-10-6-2)44-42-57(63)65-48-33-29-21-23-31-46-61(54-55-40-39-41-56(55)62)47-32-24-22-30-34-49-66-58(64)43-45-60(69-52-37-27-19-15-11-7-3)70-53-38-28-20-16-12-8-4/h9-16,55-56,59-60,62H,5-8,17-54H2,1-4H3/b13-9-,14-10-,15-11-,16-12-. The maximum absolute atomic E-state index is 12.6. The summed E-state index contributed by atoms with van der Waals surface area (Å²) >= 11 is 0. The first-order valence-corrected chi connectivity index (χ1v) is 29.2. The summed E-state index contributed by atoms with van der Waals surface area (Å²) in [5.41, 5.74) is 0. The molecule has 10 nitrogen and oxygen atoms in total. The third-order valence-electron chi connectivity index (χ3n) is 12.9. The highest BCUT2D eigenvalue weighted by Crippen LogP contribution is 2.27. The van der Waals surface area contributed by atoms with E-state index >= 15 is 0 Å². The monoisotopic (exact) mass is 988 g/mol. The van der Waals surface area contributed by atoms with Crippen molar-refractivity contribution in [3.63, 3.8) is 0 Å². The van der Waals surface area contributed by atoms with E-state index in [1.165, 1.54) is 0 Å². The lowest BCUT2D eigenvalue weighted by Crippen LogP contribution is -2.34. The van der Waals surface area contributed by atoms with E-state index in [2.05, 4.69) is 81.2 Å². The van der Waals surface area contributed by atoms with Gasteiger partial charge in [0, 0.05) is 45.8 Å². The van der Waals surface area contributed by atoms with Gasteiger partial charge in [-0.05, 0) is 160 Å². The third kappa shape index (κ3) is 43.3. The molecule has 1 aliphatic carbocycles. The van der Waals surface area contributed by atoms with Gasteiger partial charge in [0.1, 0.15) is 0 Å². The number of rotatable bonds is 52. The average molecular weight is 989 g/mol. The molecule has 0 aromatic carbocycles. The van der Waals surface area contributed by atoms with Gasteiger partial charge in [-0.3, -0.25) is 9.59 Å². The first kappa shape index (κ1) is 65.7. The lowest BCUT2D eigenvalue weighted by Gasteiger charge is -2.27. The number of ether oxygens (including phenoxy) is 6. The number of esters is 2. The Hall–Kier alpha value is -2.34. The van der Waals surface area contributed by atoms with Crippen LogP contribution < -0.4 is 0 Å². The summed E-state index contributed by atoms with van der Waals surface area (Å²) < 4.78 is 35.5. The quantitative estimate of drug-likeness (QED) is 0.0274. The number of hydrogen-bond acceptors (Lipinski definition) is 10. The van der Waals surface area contributed by atoms with Gasteiger partial charge in [0.15, 0.2) is 12.6 Å². The molecule has 0 heterocycles. The van der Waals surface area contributed by atoms with E-state index < -0.39 is 0 Å². The van der Waals surface area contributed by atoms with Crippen molar-refractivity contribution >= 4 is 11.9 Å². The topological polar surface area (TPSA) is 113 Å². The van der Waals surface area contributed by atoms with Crippen LogP contribution in [0.25, 0.3) is 0 Å². The molecule has 408 valence electrons. The van der Waals surface area contributed by atoms with E-state index in [0.29, 0.717) is 71.2 Å². The first-order valence-electron chi connectivity index (χ1n) is 29.2. The van der Waals surface area contributed by atoms with Crippen molar-refractivity contribution in [2.45, 2.75) is 258 Å². The zero-order valence-corrected chi connectivity index (χ0v) is 45.8. The predicted octanol–water partition coefficient (Wildman–Crippen LogP) is 15.3. The molecule has 0 aliphatic heterocycles. The molecule has 2 unspecified atom stereocenters. The van der Waals surface area contributed by atoms with Crippen molar-refractivity contribution in [2.75, 3.05) is 59.3 Å². The van der Waals surface area contributed by atoms with E-state index in [4.69, 9.17) is 28.4 Å². The number of allylic oxidation sites excluding steroid dienone is 8. The Morgan fingerprint density at radius 2 is 0.800 bits per heavy atom. The number of unbranched alkanes of at least 4 members (excludes halogenated alkanes) is 16. The van der Waals surface area contributed by atoms with E-state index in [0.717, 1.165) is 206 Å². The van der Waals surface area contributed by atoms with Crippen LogP contribution in [0.4, 0.5) is 0 Å². The van der Waals surface area contributed by atoms with Crippen molar-refractivity contribution < 1.29 is 43.1 Å². The van der Waals surface area contributed by atoms with Gasteiger partial charge in [-0.25, -0.2) is 0 Å². The van der Waals surface area contributed by atoms with Gasteiger partial charge in [0.05, 0.1) is 32.2 Å². The van der Waals surface area contributed by atoms with Crippen molar-refractivity contribution in [1.29, 1.82) is 0 Å². The van der Waals surface area contributed by atoms with Crippen LogP contribution in [0.15, 0.2) is 48.6 Å². The van der Waals surface area contributed by atoms with E-state index in [1.54, 1.807) is 0 Å². The van der Waals surface area contributed by atoms with Gasteiger partial charge in [-0.15, -0.1) is 0 Å². The molecular weight excluding hydrogens is 879 g/mol. The van der Waals surface area contributed by atoms with Crippen LogP contribution in [0.2, 0.25) is 0 Å². The minimum atomic E-state index is -0.363. The zero-order chi connectivity index (χ0) is 50.6. The van der Waals surface area contributed by atoms with Crippen molar-refractivity contribution in [1.82, 2.24) is 4.90 Å². The Labute approximate surface area is 430 Å². The number of carbonyl (C=O) groups excluding carboxylic acids is 2. The van der Waals surface area contributed by atoms with Crippen LogP contribution in [0.5, 0.6) is 0 Å². The number of hydrogen-bond donors (Lipinski definition) is 1. The maximum atomic E-state index is 12.6. The van der Waals surface area contributed by atoms with Crippen molar-refractivity contribution in [3.05, 3.63) is 48.6 Å². The Bertz CT molecular complexity index is 1140. The van der Waals surface area contributed by atoms with Gasteiger partial charge in [-0.2, -0.15) is 0 Å². The lowest BCUT2D eigenvalue weighted by molar-refractivity contribution is -0.159. The first-order chi connectivity index (χ1) is 34.4. The summed E-state index contributed by atoms with van der Waals surface area (Å²) in [6.45, 7) is 15.3. The minimum Gasteiger partial charge on any atom is -0.466 e. The van der Waals surface area contributed by atoms with Gasteiger partial charge in [0.2, 0.25) is 0 Å². The fraction of sp³-hybridized carbons (Fsp3) is 0.833. The Kier molecular flexibility index (Phi) is 48.4. The molecule has 0 spiro atoms.